The number of aldehydes is 1. The first-order valence-corrected chi connectivity index (χ1v) is 9.30. The van der Waals surface area contributed by atoms with Crippen molar-refractivity contribution in [3.8, 4) is 0 Å². The predicted molar refractivity (Wildman–Crippen MR) is 76.7 cm³/mol. The van der Waals surface area contributed by atoms with E-state index in [0.717, 1.165) is 6.29 Å². The Bertz CT molecular complexity index is 264. The molecule has 0 amide bonds. The Balaban J connectivity index is 4.81. The van der Waals surface area contributed by atoms with Gasteiger partial charge in [-0.05, 0) is 31.0 Å². The predicted octanol–water partition coefficient (Wildman–Crippen LogP) is 4.18. The van der Waals surface area contributed by atoms with E-state index in [1.807, 2.05) is 13.0 Å². The zero-order valence-corrected chi connectivity index (χ0v) is 13.4. The van der Waals surface area contributed by atoms with Gasteiger partial charge in [0.2, 0.25) is 0 Å². The molecule has 0 aliphatic carbocycles. The van der Waals surface area contributed by atoms with Crippen LogP contribution in [0.5, 0.6) is 0 Å². The van der Waals surface area contributed by atoms with Crippen molar-refractivity contribution in [1.29, 1.82) is 0 Å². The monoisotopic (exact) mass is 256 g/mol. The molecule has 0 saturated heterocycles. The Morgan fingerprint density at radius 3 is 2.18 bits per heavy atom. The second kappa shape index (κ2) is 6.50. The maximum absolute atomic E-state index is 10.8. The van der Waals surface area contributed by atoms with Crippen molar-refractivity contribution in [1.82, 2.24) is 0 Å². The average Bonchev–Trinajstić information content (AvgIpc) is 2.15. The quantitative estimate of drug-likeness (QED) is 0.405. The first kappa shape index (κ1) is 16.6. The van der Waals surface area contributed by atoms with Gasteiger partial charge in [0.1, 0.15) is 6.29 Å². The highest BCUT2D eigenvalue weighted by atomic mass is 28.4. The topological polar surface area (TPSA) is 26.3 Å². The Morgan fingerprint density at radius 2 is 1.82 bits per heavy atom. The summed E-state index contributed by atoms with van der Waals surface area (Å²) in [4.78, 5) is 10.8. The van der Waals surface area contributed by atoms with Gasteiger partial charge in [-0.3, -0.25) is 0 Å². The average molecular weight is 256 g/mol. The summed E-state index contributed by atoms with van der Waals surface area (Å²) in [5.74, 6) is 0.291. The van der Waals surface area contributed by atoms with Crippen LogP contribution in [0.1, 0.15) is 41.0 Å². The zero-order valence-electron chi connectivity index (χ0n) is 12.4. The van der Waals surface area contributed by atoms with E-state index >= 15 is 0 Å². The van der Waals surface area contributed by atoms with Gasteiger partial charge in [0.15, 0.2) is 8.32 Å². The third kappa shape index (κ3) is 5.17. The van der Waals surface area contributed by atoms with Crippen molar-refractivity contribution in [2.75, 3.05) is 0 Å². The Hall–Kier alpha value is -0.413. The molecule has 0 aromatic rings. The molecular formula is C14H28O2Si. The highest BCUT2D eigenvalue weighted by Gasteiger charge is 2.39. The second-order valence-corrected chi connectivity index (χ2v) is 11.0. The molecule has 2 atom stereocenters. The number of carbonyl (C=O) groups is 1. The van der Waals surface area contributed by atoms with Gasteiger partial charge in [-0.25, -0.2) is 0 Å². The number of hydrogen-bond donors (Lipinski definition) is 0. The molecule has 0 aromatic heterocycles. The fourth-order valence-corrected chi connectivity index (χ4v) is 2.87. The smallest absolute Gasteiger partial charge is 0.192 e. The van der Waals surface area contributed by atoms with Crippen LogP contribution in [0.4, 0.5) is 0 Å². The lowest BCUT2D eigenvalue weighted by atomic mass is 10.0. The van der Waals surface area contributed by atoms with E-state index in [4.69, 9.17) is 4.43 Å². The van der Waals surface area contributed by atoms with Crippen LogP contribution < -0.4 is 0 Å². The van der Waals surface area contributed by atoms with Crippen LogP contribution in [-0.2, 0) is 9.22 Å². The summed E-state index contributed by atoms with van der Waals surface area (Å²) >= 11 is 0. The van der Waals surface area contributed by atoms with Crippen LogP contribution in [0.2, 0.25) is 18.1 Å². The Morgan fingerprint density at radius 1 is 1.29 bits per heavy atom. The number of allylic oxidation sites excluding steroid dienone is 1. The Labute approximate surface area is 108 Å². The lowest BCUT2D eigenvalue weighted by Crippen LogP contribution is -2.45. The summed E-state index contributed by atoms with van der Waals surface area (Å²) < 4.78 is 6.31. The van der Waals surface area contributed by atoms with Gasteiger partial charge in [0, 0.05) is 6.42 Å². The SMILES string of the molecule is C/C=C/[C@@H](C)[C@H](CC=O)O[Si](C)(C)C(C)(C)C. The first-order valence-electron chi connectivity index (χ1n) is 6.40. The summed E-state index contributed by atoms with van der Waals surface area (Å²) in [6.07, 6.45) is 5.61. The third-order valence-corrected chi connectivity index (χ3v) is 8.17. The molecule has 0 N–H and O–H groups in total. The molecule has 0 fully saturated rings. The number of hydrogen-bond acceptors (Lipinski definition) is 2. The molecule has 0 unspecified atom stereocenters. The van der Waals surface area contributed by atoms with E-state index in [-0.39, 0.29) is 11.1 Å². The molecule has 2 nitrogen and oxygen atoms in total. The van der Waals surface area contributed by atoms with Crippen molar-refractivity contribution in [3.05, 3.63) is 12.2 Å². The van der Waals surface area contributed by atoms with Gasteiger partial charge in [0.25, 0.3) is 0 Å². The fourth-order valence-electron chi connectivity index (χ4n) is 1.45. The van der Waals surface area contributed by atoms with Crippen LogP contribution in [0.25, 0.3) is 0 Å². The van der Waals surface area contributed by atoms with Crippen molar-refractivity contribution < 1.29 is 9.22 Å². The summed E-state index contributed by atoms with van der Waals surface area (Å²) in [7, 11) is -1.79. The standard InChI is InChI=1S/C14H28O2Si/c1-8-9-12(2)13(10-11-15)16-17(6,7)14(3,4)5/h8-9,11-13H,10H2,1-7H3/b9-8+/t12-,13+/m1/s1. The highest BCUT2D eigenvalue weighted by Crippen LogP contribution is 2.38. The van der Waals surface area contributed by atoms with E-state index in [9.17, 15) is 4.79 Å². The molecule has 17 heavy (non-hydrogen) atoms. The molecule has 0 aliphatic heterocycles. The van der Waals surface area contributed by atoms with Gasteiger partial charge >= 0.3 is 0 Å². The maximum Gasteiger partial charge on any atom is 0.192 e. The van der Waals surface area contributed by atoms with E-state index in [1.54, 1.807) is 0 Å². The lowest BCUT2D eigenvalue weighted by molar-refractivity contribution is -0.109. The molecule has 0 saturated carbocycles. The van der Waals surface area contributed by atoms with Crippen molar-refractivity contribution in [3.63, 3.8) is 0 Å². The fraction of sp³-hybridized carbons (Fsp3) is 0.786. The number of rotatable bonds is 6. The van der Waals surface area contributed by atoms with E-state index in [0.29, 0.717) is 12.3 Å². The molecule has 0 aromatic carbocycles. The van der Waals surface area contributed by atoms with Gasteiger partial charge in [0.05, 0.1) is 6.10 Å². The lowest BCUT2D eigenvalue weighted by Gasteiger charge is -2.40. The van der Waals surface area contributed by atoms with E-state index < -0.39 is 8.32 Å². The van der Waals surface area contributed by atoms with Crippen LogP contribution in [0, 0.1) is 5.92 Å². The van der Waals surface area contributed by atoms with Crippen LogP contribution in [0.3, 0.4) is 0 Å². The van der Waals surface area contributed by atoms with Crippen LogP contribution >= 0.6 is 0 Å². The molecule has 0 radical (unpaired) electrons. The second-order valence-electron chi connectivity index (χ2n) is 6.20. The minimum absolute atomic E-state index is 0.0181. The minimum Gasteiger partial charge on any atom is -0.413 e. The maximum atomic E-state index is 10.8. The summed E-state index contributed by atoms with van der Waals surface area (Å²) in [6, 6.07) is 0. The van der Waals surface area contributed by atoms with Gasteiger partial charge in [-0.2, -0.15) is 0 Å². The minimum atomic E-state index is -1.79. The van der Waals surface area contributed by atoms with Crippen LogP contribution in [0.15, 0.2) is 12.2 Å². The highest BCUT2D eigenvalue weighted by molar-refractivity contribution is 6.74. The Kier molecular flexibility index (Phi) is 6.34. The first-order chi connectivity index (χ1) is 7.65. The molecule has 0 aliphatic rings. The third-order valence-electron chi connectivity index (χ3n) is 3.66. The van der Waals surface area contributed by atoms with E-state index in [2.05, 4.69) is 46.9 Å². The zero-order chi connectivity index (χ0) is 13.7. The molecule has 3 heteroatoms. The molecule has 0 spiro atoms. The largest absolute Gasteiger partial charge is 0.413 e. The molecule has 100 valence electrons. The number of carbonyl (C=O) groups excluding carboxylic acids is 1. The van der Waals surface area contributed by atoms with Crippen molar-refractivity contribution in [2.45, 2.75) is 65.3 Å². The van der Waals surface area contributed by atoms with Crippen molar-refractivity contribution in [2.24, 2.45) is 5.92 Å². The van der Waals surface area contributed by atoms with Gasteiger partial charge in [-0.15, -0.1) is 0 Å². The van der Waals surface area contributed by atoms with Crippen LogP contribution in [-0.4, -0.2) is 20.7 Å². The van der Waals surface area contributed by atoms with Gasteiger partial charge in [-0.1, -0.05) is 39.8 Å². The molecule has 0 bridgehead atoms. The van der Waals surface area contributed by atoms with E-state index in [1.165, 1.54) is 0 Å². The summed E-state index contributed by atoms with van der Waals surface area (Å²) in [6.45, 7) is 15.2. The molecule has 0 heterocycles. The molecule has 0 rings (SSSR count). The molecular weight excluding hydrogens is 228 g/mol. The summed E-state index contributed by atoms with van der Waals surface area (Å²) in [5.41, 5.74) is 0. The van der Waals surface area contributed by atoms with Gasteiger partial charge < -0.3 is 9.22 Å². The summed E-state index contributed by atoms with van der Waals surface area (Å²) in [5, 5.41) is 0.184. The van der Waals surface area contributed by atoms with Crippen molar-refractivity contribution >= 4 is 14.6 Å². The normalized spacial score (nSPS) is 17.1.